The normalized spacial score (nSPS) is 14.1. The van der Waals surface area contributed by atoms with Gasteiger partial charge in [-0.2, -0.15) is 26.3 Å². The van der Waals surface area contributed by atoms with Gasteiger partial charge in [0.1, 0.15) is 0 Å². The summed E-state index contributed by atoms with van der Waals surface area (Å²) in [5, 5.41) is 11.2. The second kappa shape index (κ2) is 16.0. The maximum Gasteiger partial charge on any atom is 0.472 e. The molecule has 0 aliphatic heterocycles. The van der Waals surface area contributed by atoms with Crippen LogP contribution in [0, 0.1) is 0 Å². The predicted octanol–water partition coefficient (Wildman–Crippen LogP) is 11.1. The number of aromatic nitrogens is 4. The lowest BCUT2D eigenvalue weighted by Gasteiger charge is -2.25. The number of nitrogens with one attached hydrogen (secondary N) is 1. The number of nitrogens with zero attached hydrogens (tertiary/aromatic N) is 4. The zero-order chi connectivity index (χ0) is 43.2. The third kappa shape index (κ3) is 9.05. The van der Waals surface area contributed by atoms with Crippen molar-refractivity contribution in [1.29, 1.82) is 0 Å². The summed E-state index contributed by atoms with van der Waals surface area (Å²) in [6, 6.07) is 22.4. The first-order chi connectivity index (χ1) is 29.0. The molecule has 312 valence electrons. The monoisotopic (exact) mass is 837 g/mol. The molecule has 2 N–H and O–H groups in total. The van der Waals surface area contributed by atoms with E-state index in [1.54, 1.807) is 42.7 Å². The number of benzene rings is 3. The van der Waals surface area contributed by atoms with Crippen LogP contribution in [0.15, 0.2) is 110 Å². The second-order valence-electron chi connectivity index (χ2n) is 15.4. The third-order valence-corrected chi connectivity index (χ3v) is 10.9. The topological polar surface area (TPSA) is 121 Å². The Morgan fingerprint density at radius 2 is 1.49 bits per heavy atom. The first-order valence-electron chi connectivity index (χ1n) is 19.5. The van der Waals surface area contributed by atoms with Crippen LogP contribution in [0.25, 0.3) is 21.8 Å². The maximum absolute atomic E-state index is 13.4. The lowest BCUT2D eigenvalue weighted by Crippen LogP contribution is -2.39. The zero-order valence-corrected chi connectivity index (χ0v) is 32.5. The van der Waals surface area contributed by atoms with Crippen molar-refractivity contribution >= 4 is 51.0 Å². The zero-order valence-electron chi connectivity index (χ0n) is 32.5. The first-order valence-corrected chi connectivity index (χ1v) is 19.5. The van der Waals surface area contributed by atoms with Gasteiger partial charge in [0.25, 0.3) is 0 Å². The molecule has 2 aliphatic carbocycles. The Kier molecular flexibility index (Phi) is 10.8. The van der Waals surface area contributed by atoms with E-state index in [2.05, 4.69) is 15.0 Å². The van der Waals surface area contributed by atoms with Gasteiger partial charge in [-0.15, -0.1) is 0 Å². The van der Waals surface area contributed by atoms with Crippen LogP contribution in [-0.2, 0) is 23.9 Å². The van der Waals surface area contributed by atoms with E-state index in [0.29, 0.717) is 45.9 Å². The van der Waals surface area contributed by atoms with Crippen LogP contribution in [0.1, 0.15) is 98.7 Å². The number of carbonyl (C=O) groups excluding carboxylic acids is 2. The van der Waals surface area contributed by atoms with Gasteiger partial charge >= 0.3 is 24.2 Å². The summed E-state index contributed by atoms with van der Waals surface area (Å²) < 4.78 is 81.0. The number of pyridine rings is 2. The number of fused-ring (bicyclic) bond motifs is 2. The summed E-state index contributed by atoms with van der Waals surface area (Å²) in [4.78, 5) is 48.2. The molecule has 9 rings (SSSR count). The molecule has 0 bridgehead atoms. The number of carbonyl (C=O) groups is 3. The fraction of sp³-hybridized carbons (Fsp3) is 0.239. The van der Waals surface area contributed by atoms with E-state index in [-0.39, 0.29) is 28.6 Å². The molecule has 61 heavy (non-hydrogen) atoms. The molecule has 4 heterocycles. The van der Waals surface area contributed by atoms with Crippen molar-refractivity contribution in [2.75, 3.05) is 4.90 Å². The van der Waals surface area contributed by atoms with Crippen molar-refractivity contribution in [3.05, 3.63) is 154 Å². The number of rotatable bonds is 10. The molecule has 15 heteroatoms. The highest BCUT2D eigenvalue weighted by molar-refractivity contribution is 6.09. The Labute approximate surface area is 344 Å². The average Bonchev–Trinajstić information content (AvgIpc) is 4.16. The highest BCUT2D eigenvalue weighted by Crippen LogP contribution is 2.42. The molecule has 0 saturated heterocycles. The lowest BCUT2D eigenvalue weighted by molar-refractivity contribution is -0.169. The number of carboxylic acids is 1. The minimum atomic E-state index is -5.13. The van der Waals surface area contributed by atoms with E-state index in [1.165, 1.54) is 37.4 Å². The van der Waals surface area contributed by atoms with E-state index in [1.807, 2.05) is 35.0 Å². The number of amides is 1. The lowest BCUT2D eigenvalue weighted by atomic mass is 10.0. The summed E-state index contributed by atoms with van der Waals surface area (Å²) in [5.41, 5.74) is 4.97. The molecular weight excluding hydrogens is 801 g/mol. The standard InChI is InChI=1S/C26H21F3N2O2.C20H16F3N3O2/c27-26(28,29)21-3-1-2-17(11-21)15-31-9-8-19-10-16(4-7-24(19)31)12-23-22(25(32)33)13-20(14-30-23)18-5-6-18;1-11(27)16-9-14(12-2-3-12)10-25-18(16)26(19(28)20(21,22)23)15-4-5-17-13(8-15)6-7-24-17/h1-4,7-11,13-14,18H,5-6,12,15H2,(H,32,33);4-10,12,24H,2-3H2,1H3. The van der Waals surface area contributed by atoms with Crippen LogP contribution in [0.2, 0.25) is 0 Å². The molecule has 0 atom stereocenters. The van der Waals surface area contributed by atoms with Gasteiger partial charge in [0.2, 0.25) is 0 Å². The van der Waals surface area contributed by atoms with Crippen LogP contribution in [0.5, 0.6) is 0 Å². The van der Waals surface area contributed by atoms with Crippen molar-refractivity contribution in [2.45, 2.75) is 69.8 Å². The Morgan fingerprint density at radius 1 is 0.787 bits per heavy atom. The Bertz CT molecular complexity index is 2820. The van der Waals surface area contributed by atoms with E-state index in [9.17, 15) is 45.8 Å². The number of H-pyrrole nitrogens is 1. The number of Topliss-reactive ketones (excluding diaryl/α,β-unsaturated/α-hetero) is 1. The Morgan fingerprint density at radius 3 is 2.15 bits per heavy atom. The minimum Gasteiger partial charge on any atom is -0.478 e. The number of hydrogen-bond acceptors (Lipinski definition) is 5. The van der Waals surface area contributed by atoms with Crippen molar-refractivity contribution in [1.82, 2.24) is 19.5 Å². The van der Waals surface area contributed by atoms with Gasteiger partial charge in [0.05, 0.1) is 28.1 Å². The van der Waals surface area contributed by atoms with E-state index < -0.39 is 35.6 Å². The fourth-order valence-corrected chi connectivity index (χ4v) is 7.40. The summed E-state index contributed by atoms with van der Waals surface area (Å²) in [6.45, 7) is 1.57. The van der Waals surface area contributed by atoms with Crippen molar-refractivity contribution in [3.63, 3.8) is 0 Å². The van der Waals surface area contributed by atoms with Gasteiger partial charge in [-0.25, -0.2) is 9.78 Å². The van der Waals surface area contributed by atoms with Gasteiger partial charge in [-0.3, -0.25) is 19.5 Å². The van der Waals surface area contributed by atoms with Gasteiger partial charge in [0.15, 0.2) is 11.6 Å². The molecule has 0 spiro atoms. The predicted molar refractivity (Wildman–Crippen MR) is 216 cm³/mol. The fourth-order valence-electron chi connectivity index (χ4n) is 7.40. The molecule has 0 unspecified atom stereocenters. The third-order valence-electron chi connectivity index (χ3n) is 10.9. The highest BCUT2D eigenvalue weighted by Gasteiger charge is 2.45. The summed E-state index contributed by atoms with van der Waals surface area (Å²) in [5.74, 6) is -3.15. The average molecular weight is 838 g/mol. The maximum atomic E-state index is 13.4. The second-order valence-corrected chi connectivity index (χ2v) is 15.4. The number of hydrogen-bond donors (Lipinski definition) is 2. The van der Waals surface area contributed by atoms with E-state index in [0.717, 1.165) is 59.3 Å². The number of ketones is 1. The highest BCUT2D eigenvalue weighted by atomic mass is 19.4. The smallest absolute Gasteiger partial charge is 0.472 e. The van der Waals surface area contributed by atoms with Crippen molar-refractivity contribution in [3.8, 4) is 0 Å². The minimum absolute atomic E-state index is 0.00355. The number of aromatic carboxylic acids is 1. The van der Waals surface area contributed by atoms with Gasteiger partial charge in [0, 0.05) is 54.2 Å². The van der Waals surface area contributed by atoms with Crippen LogP contribution < -0.4 is 4.90 Å². The summed E-state index contributed by atoms with van der Waals surface area (Å²) in [6.07, 6.45) is 1.68. The Hall–Kier alpha value is -6.77. The van der Waals surface area contributed by atoms with Gasteiger partial charge < -0.3 is 14.7 Å². The molecular formula is C46H37F6N5O4. The largest absolute Gasteiger partial charge is 0.478 e. The van der Waals surface area contributed by atoms with Crippen LogP contribution in [-0.4, -0.2) is 48.5 Å². The summed E-state index contributed by atoms with van der Waals surface area (Å²) in [7, 11) is 0. The quantitative estimate of drug-likeness (QED) is 0.105. The molecule has 3 aromatic carbocycles. The molecule has 9 nitrogen and oxygen atoms in total. The number of carboxylic acid groups (broad SMARTS) is 1. The molecule has 2 fully saturated rings. The number of anilines is 2. The SMILES string of the molecule is CC(=O)c1cc(C2CC2)cnc1N(C(=O)C(F)(F)F)c1ccc2[nH]ccc2c1.O=C(O)c1cc(C2CC2)cnc1Cc1ccc2c(ccn2Cc2cccc(C(F)(F)F)c2)c1. The van der Waals surface area contributed by atoms with Crippen molar-refractivity contribution in [2.24, 2.45) is 0 Å². The van der Waals surface area contributed by atoms with Gasteiger partial charge in [-0.05, 0) is 139 Å². The summed E-state index contributed by atoms with van der Waals surface area (Å²) >= 11 is 0. The number of alkyl halides is 6. The van der Waals surface area contributed by atoms with E-state index in [4.69, 9.17) is 0 Å². The molecule has 0 radical (unpaired) electrons. The van der Waals surface area contributed by atoms with Gasteiger partial charge in [-0.1, -0.05) is 18.2 Å². The molecule has 4 aromatic heterocycles. The van der Waals surface area contributed by atoms with E-state index >= 15 is 0 Å². The van der Waals surface area contributed by atoms with Crippen LogP contribution >= 0.6 is 0 Å². The van der Waals surface area contributed by atoms with Crippen LogP contribution in [0.4, 0.5) is 37.8 Å². The first kappa shape index (κ1) is 41.0. The molecule has 1 amide bonds. The molecule has 2 aliphatic rings. The van der Waals surface area contributed by atoms with Crippen LogP contribution in [0.3, 0.4) is 0 Å². The molecule has 2 saturated carbocycles. The number of halogens is 6. The Balaban J connectivity index is 0.000000171. The molecule has 7 aromatic rings. The number of aromatic amines is 1. The van der Waals surface area contributed by atoms with Crippen molar-refractivity contribution < 1.29 is 45.8 Å².